The van der Waals surface area contributed by atoms with Gasteiger partial charge in [-0.05, 0) is 115 Å². The lowest BCUT2D eigenvalue weighted by Gasteiger charge is -2.06. The van der Waals surface area contributed by atoms with Crippen LogP contribution in [0.5, 0.6) is 0 Å². The third kappa shape index (κ3) is 14.7. The second-order valence-corrected chi connectivity index (χ2v) is 13.0. The molecule has 0 atom stereocenters. The number of fused-ring (bicyclic) bond motifs is 4. The molecule has 7 rings (SSSR count). The maximum absolute atomic E-state index is 3.36. The highest BCUT2D eigenvalue weighted by Gasteiger charge is 2.19. The zero-order valence-electron chi connectivity index (χ0n) is 35.2. The van der Waals surface area contributed by atoms with Crippen LogP contribution < -0.4 is 0 Å². The van der Waals surface area contributed by atoms with E-state index in [0.717, 1.165) is 19.3 Å². The van der Waals surface area contributed by atoms with Crippen LogP contribution in [0, 0.1) is 13.8 Å². The maximum atomic E-state index is 3.36. The summed E-state index contributed by atoms with van der Waals surface area (Å²) >= 11 is 0. The molecule has 1 aliphatic carbocycles. The lowest BCUT2D eigenvalue weighted by Crippen LogP contribution is -1.91. The fourth-order valence-electron chi connectivity index (χ4n) is 6.10. The van der Waals surface area contributed by atoms with Gasteiger partial charge in [-0.15, -0.1) is 13.2 Å². The fourth-order valence-corrected chi connectivity index (χ4v) is 6.10. The van der Waals surface area contributed by atoms with Gasteiger partial charge in [0, 0.05) is 0 Å². The standard InChI is InChI=1S/C20H20.C17H18.C11H10.C4H6.C2H6.C2H4/c1-3-15(2)8-6-10-16-11-7-13-19-18-12-5-4-9-17(18)14-20(16)19;1-3-4-5-15-8-12-17(13-9-15)16-10-6-14(2)7-11-16;1-9-5-4-7-10-6-2-3-8-11(9)10;1-3-4-2;2*1-2/h3-9,11-13H,10,14H2,1-2H3;3-4,6-13H,5H2,1-2H3;2-8H,1H3;3-4H,1-2H2;1-2H3;1-2H2/b8-6-,15-3-;4-3-;;;;. The Morgan fingerprint density at radius 1 is 0.607 bits per heavy atom. The molecule has 0 nitrogen and oxygen atoms in total. The molecule has 288 valence electrons. The van der Waals surface area contributed by atoms with E-state index in [2.05, 4.69) is 225 Å². The summed E-state index contributed by atoms with van der Waals surface area (Å²) in [5, 5.41) is 2.68. The minimum absolute atomic E-state index is 1.02. The average molecular weight is 737 g/mol. The van der Waals surface area contributed by atoms with E-state index in [1.165, 1.54) is 72.0 Å². The molecule has 0 heterocycles. The summed E-state index contributed by atoms with van der Waals surface area (Å²) in [6.07, 6.45) is 17.3. The van der Waals surface area contributed by atoms with Crippen molar-refractivity contribution in [3.05, 3.63) is 241 Å². The zero-order chi connectivity index (χ0) is 41.1. The van der Waals surface area contributed by atoms with E-state index < -0.39 is 0 Å². The van der Waals surface area contributed by atoms with E-state index in [4.69, 9.17) is 0 Å². The van der Waals surface area contributed by atoms with Gasteiger partial charge in [-0.1, -0.05) is 214 Å². The molecule has 0 fully saturated rings. The number of aryl methyl sites for hydroxylation is 2. The van der Waals surface area contributed by atoms with Gasteiger partial charge < -0.3 is 0 Å². The Labute approximate surface area is 340 Å². The zero-order valence-corrected chi connectivity index (χ0v) is 35.2. The van der Waals surface area contributed by atoms with Gasteiger partial charge in [0.05, 0.1) is 0 Å². The van der Waals surface area contributed by atoms with Crippen molar-refractivity contribution in [3.63, 3.8) is 0 Å². The summed E-state index contributed by atoms with van der Waals surface area (Å²) in [6, 6.07) is 47.8. The smallest absolute Gasteiger partial charge is 0.00106 e. The van der Waals surface area contributed by atoms with Crippen molar-refractivity contribution in [2.24, 2.45) is 0 Å². The van der Waals surface area contributed by atoms with Crippen molar-refractivity contribution in [3.8, 4) is 22.3 Å². The predicted molar refractivity (Wildman–Crippen MR) is 254 cm³/mol. The van der Waals surface area contributed by atoms with Gasteiger partial charge >= 0.3 is 0 Å². The SMILES string of the molecule is C/C=C(C)\C=C/Cc1cccc2c1Cc1ccccc1-2.C/C=C\Cc1ccc(-c2ccc(C)cc2)cc1.C=C.C=CC=C.CC.Cc1cccc2ccccc12. The van der Waals surface area contributed by atoms with Crippen molar-refractivity contribution in [1.29, 1.82) is 0 Å². The van der Waals surface area contributed by atoms with E-state index in [0.29, 0.717) is 0 Å². The highest BCUT2D eigenvalue weighted by Crippen LogP contribution is 2.38. The van der Waals surface area contributed by atoms with Gasteiger partial charge in [-0.25, -0.2) is 0 Å². The van der Waals surface area contributed by atoms with Crippen LogP contribution in [-0.2, 0) is 19.3 Å². The largest absolute Gasteiger partial charge is 0.106 e. The first-order chi connectivity index (χ1) is 27.4. The number of allylic oxidation sites excluding steroid dienone is 8. The third-order valence-electron chi connectivity index (χ3n) is 9.22. The summed E-state index contributed by atoms with van der Waals surface area (Å²) in [4.78, 5) is 0. The third-order valence-corrected chi connectivity index (χ3v) is 9.22. The van der Waals surface area contributed by atoms with Crippen molar-refractivity contribution in [2.75, 3.05) is 0 Å². The second-order valence-electron chi connectivity index (χ2n) is 13.0. The quantitative estimate of drug-likeness (QED) is 0.113. The summed E-state index contributed by atoms with van der Waals surface area (Å²) in [6.45, 7) is 27.3. The number of rotatable bonds is 7. The molecule has 0 bridgehead atoms. The van der Waals surface area contributed by atoms with E-state index in [9.17, 15) is 0 Å². The molecule has 0 heteroatoms. The van der Waals surface area contributed by atoms with Gasteiger partial charge in [0.2, 0.25) is 0 Å². The topological polar surface area (TPSA) is 0 Å². The van der Waals surface area contributed by atoms with Crippen LogP contribution in [-0.4, -0.2) is 0 Å². The van der Waals surface area contributed by atoms with Crippen LogP contribution >= 0.6 is 0 Å². The Balaban J connectivity index is 0.000000272. The van der Waals surface area contributed by atoms with Crippen molar-refractivity contribution < 1.29 is 0 Å². The van der Waals surface area contributed by atoms with Gasteiger partial charge in [0.1, 0.15) is 0 Å². The molecular formula is C56H64. The number of hydrogen-bond acceptors (Lipinski definition) is 0. The molecule has 0 radical (unpaired) electrons. The summed E-state index contributed by atoms with van der Waals surface area (Å²) in [5.41, 5.74) is 15.2. The minimum Gasteiger partial charge on any atom is -0.106 e. The van der Waals surface area contributed by atoms with Crippen LogP contribution in [0.2, 0.25) is 0 Å². The Bertz CT molecular complexity index is 2120. The average Bonchev–Trinajstić information content (AvgIpc) is 3.65. The second kappa shape index (κ2) is 26.7. The van der Waals surface area contributed by atoms with E-state index in [1.807, 2.05) is 13.8 Å². The van der Waals surface area contributed by atoms with Crippen molar-refractivity contribution in [1.82, 2.24) is 0 Å². The molecule has 0 aliphatic heterocycles. The Hall–Kier alpha value is -5.98. The van der Waals surface area contributed by atoms with Gasteiger partial charge in [0.15, 0.2) is 0 Å². The molecule has 0 saturated carbocycles. The van der Waals surface area contributed by atoms with Crippen LogP contribution in [0.1, 0.15) is 68.0 Å². The Kier molecular flexibility index (Phi) is 22.0. The molecule has 0 saturated heterocycles. The summed E-state index contributed by atoms with van der Waals surface area (Å²) < 4.78 is 0. The number of hydrogen-bond donors (Lipinski definition) is 0. The highest BCUT2D eigenvalue weighted by molar-refractivity contribution is 5.85. The van der Waals surface area contributed by atoms with E-state index in [1.54, 1.807) is 12.2 Å². The molecule has 6 aromatic rings. The minimum atomic E-state index is 1.02. The molecule has 0 unspecified atom stereocenters. The molecule has 6 aromatic carbocycles. The summed E-state index contributed by atoms with van der Waals surface area (Å²) in [7, 11) is 0. The molecular weight excluding hydrogens is 673 g/mol. The number of benzene rings is 6. The van der Waals surface area contributed by atoms with E-state index >= 15 is 0 Å². The van der Waals surface area contributed by atoms with Crippen LogP contribution in [0.4, 0.5) is 0 Å². The summed E-state index contributed by atoms with van der Waals surface area (Å²) in [5.74, 6) is 0. The van der Waals surface area contributed by atoms with Gasteiger partial charge in [0.25, 0.3) is 0 Å². The fraction of sp³-hybridized carbons (Fsp3) is 0.179. The maximum Gasteiger partial charge on any atom is -0.00106 e. The lowest BCUT2D eigenvalue weighted by molar-refractivity contribution is 1.15. The molecule has 1 aliphatic rings. The van der Waals surface area contributed by atoms with Crippen LogP contribution in [0.3, 0.4) is 0 Å². The highest BCUT2D eigenvalue weighted by atomic mass is 14.2. The van der Waals surface area contributed by atoms with Crippen molar-refractivity contribution >= 4 is 10.8 Å². The molecule has 56 heavy (non-hydrogen) atoms. The predicted octanol–water partition coefficient (Wildman–Crippen LogP) is 16.4. The molecule has 0 aromatic heterocycles. The van der Waals surface area contributed by atoms with Gasteiger partial charge in [-0.2, -0.15) is 0 Å². The van der Waals surface area contributed by atoms with E-state index in [-0.39, 0.29) is 0 Å². The first-order valence-corrected chi connectivity index (χ1v) is 19.8. The molecule has 0 amide bonds. The van der Waals surface area contributed by atoms with Crippen LogP contribution in [0.25, 0.3) is 33.0 Å². The Morgan fingerprint density at radius 3 is 1.80 bits per heavy atom. The Morgan fingerprint density at radius 2 is 1.18 bits per heavy atom. The van der Waals surface area contributed by atoms with Crippen molar-refractivity contribution in [2.45, 2.75) is 67.7 Å². The normalized spacial score (nSPS) is 10.7. The molecule has 0 N–H and O–H groups in total. The molecule has 0 spiro atoms. The van der Waals surface area contributed by atoms with Gasteiger partial charge in [-0.3, -0.25) is 0 Å². The lowest BCUT2D eigenvalue weighted by atomic mass is 9.99. The van der Waals surface area contributed by atoms with Crippen LogP contribution in [0.15, 0.2) is 208 Å². The first-order valence-electron chi connectivity index (χ1n) is 19.8. The first kappa shape index (κ1) is 46.2. The monoisotopic (exact) mass is 737 g/mol.